The van der Waals surface area contributed by atoms with Gasteiger partial charge in [0.05, 0.1) is 22.8 Å². The Morgan fingerprint density at radius 1 is 0.667 bits per heavy atom. The summed E-state index contributed by atoms with van der Waals surface area (Å²) in [5, 5.41) is 13.3. The average Bonchev–Trinajstić information content (AvgIpc) is 3.55. The van der Waals surface area contributed by atoms with E-state index in [-0.39, 0.29) is 0 Å². The molecule has 7 aromatic rings. The van der Waals surface area contributed by atoms with Crippen LogP contribution in [0.2, 0.25) is 0 Å². The van der Waals surface area contributed by atoms with Crippen LogP contribution >= 0.6 is 0 Å². The lowest BCUT2D eigenvalue weighted by Crippen LogP contribution is -2.06. The smallest absolute Gasteiger partial charge is 0.0992 e. The lowest BCUT2D eigenvalue weighted by molar-refractivity contribution is 1.11. The Morgan fingerprint density at radius 3 is 2.07 bits per heavy atom. The number of anilines is 1. The van der Waals surface area contributed by atoms with Crippen molar-refractivity contribution in [3.8, 4) is 22.9 Å². The number of hydrogen-bond donors (Lipinski definition) is 1. The highest BCUT2D eigenvalue weighted by Gasteiger charge is 2.21. The molecule has 0 aliphatic rings. The van der Waals surface area contributed by atoms with E-state index in [1.807, 2.05) is 43.3 Å². The van der Waals surface area contributed by atoms with Crippen LogP contribution in [0.1, 0.15) is 87.7 Å². The Balaban J connectivity index is 1.44. The van der Waals surface area contributed by atoms with E-state index in [0.29, 0.717) is 5.56 Å². The summed E-state index contributed by atoms with van der Waals surface area (Å²) in [4.78, 5) is 0. The molecular weight excluding hydrogens is 691 g/mol. The molecule has 1 heterocycles. The zero-order valence-corrected chi connectivity index (χ0v) is 33.8. The maximum absolute atomic E-state index is 9.82. The first-order valence-corrected chi connectivity index (χ1v) is 19.6. The van der Waals surface area contributed by atoms with Gasteiger partial charge in [-0.05, 0) is 145 Å². The summed E-state index contributed by atoms with van der Waals surface area (Å²) in [6.07, 6.45) is 20.1. The predicted molar refractivity (Wildman–Crippen MR) is 248 cm³/mol. The molecule has 0 unspecified atom stereocenters. The molecular formula is C54H49N3. The van der Waals surface area contributed by atoms with E-state index < -0.39 is 0 Å². The fraction of sp³-hybridized carbons (Fsp3) is 0.130. The van der Waals surface area contributed by atoms with E-state index in [1.54, 1.807) is 0 Å². The third kappa shape index (κ3) is 6.96. The molecule has 0 saturated carbocycles. The standard InChI is InChI=1S/C54H49N3/c1-8-17-39-27-29-49(54(56)35(39)5)53-41(26-25-40-20-15-16-23-46(40)53)33-50-37(7)43(18-9-2)45(36(6)44(50)19-10-3)30-31-47-48-28-24-38(34-55)32-52(48)57(51(47)11-4)42-21-13-12-14-22-42/h8-32H,4,33,56H2,1-3,5-7H3/b17-8-,18-9-,19-10-,31-30+. The number of aromatic nitrogens is 1. The van der Waals surface area contributed by atoms with Crippen LogP contribution in [-0.2, 0) is 6.42 Å². The molecule has 0 aliphatic carbocycles. The Morgan fingerprint density at radius 2 is 1.35 bits per heavy atom. The first kappa shape index (κ1) is 38.4. The summed E-state index contributed by atoms with van der Waals surface area (Å²) in [6.45, 7) is 17.1. The number of fused-ring (bicyclic) bond motifs is 2. The number of nitriles is 1. The number of rotatable bonds is 10. The Kier molecular flexibility index (Phi) is 11.1. The molecule has 57 heavy (non-hydrogen) atoms. The van der Waals surface area contributed by atoms with Gasteiger partial charge in [-0.1, -0.05) is 128 Å². The van der Waals surface area contributed by atoms with Gasteiger partial charge in [-0.3, -0.25) is 0 Å². The Labute approximate surface area is 337 Å². The van der Waals surface area contributed by atoms with E-state index in [2.05, 4.69) is 167 Å². The first-order chi connectivity index (χ1) is 27.8. The van der Waals surface area contributed by atoms with Crippen molar-refractivity contribution in [3.05, 3.63) is 189 Å². The second-order valence-corrected chi connectivity index (χ2v) is 14.6. The maximum atomic E-state index is 9.82. The van der Waals surface area contributed by atoms with Crippen LogP contribution in [0.3, 0.4) is 0 Å². The molecule has 3 nitrogen and oxygen atoms in total. The minimum absolute atomic E-state index is 0.620. The number of nitrogens with two attached hydrogens (primary N) is 1. The van der Waals surface area contributed by atoms with Gasteiger partial charge in [0, 0.05) is 27.9 Å². The lowest BCUT2D eigenvalue weighted by Gasteiger charge is -2.23. The molecule has 0 aliphatic heterocycles. The van der Waals surface area contributed by atoms with Gasteiger partial charge < -0.3 is 10.3 Å². The zero-order chi connectivity index (χ0) is 40.2. The average molecular weight is 740 g/mol. The lowest BCUT2D eigenvalue weighted by atomic mass is 9.82. The normalized spacial score (nSPS) is 11.9. The van der Waals surface area contributed by atoms with Gasteiger partial charge in [0.25, 0.3) is 0 Å². The third-order valence-corrected chi connectivity index (χ3v) is 11.3. The van der Waals surface area contributed by atoms with E-state index in [4.69, 9.17) is 5.73 Å². The summed E-state index contributed by atoms with van der Waals surface area (Å²) in [7, 11) is 0. The van der Waals surface area contributed by atoms with Crippen LogP contribution in [-0.4, -0.2) is 4.57 Å². The molecule has 0 bridgehead atoms. The number of benzene rings is 6. The maximum Gasteiger partial charge on any atom is 0.0992 e. The van der Waals surface area contributed by atoms with E-state index in [1.165, 1.54) is 55.3 Å². The number of nitrogen functional groups attached to an aromatic ring is 1. The predicted octanol–water partition coefficient (Wildman–Crippen LogP) is 14.3. The van der Waals surface area contributed by atoms with Crippen molar-refractivity contribution in [2.75, 3.05) is 5.73 Å². The summed E-state index contributed by atoms with van der Waals surface area (Å²) in [5.74, 6) is 0. The number of nitrogens with zero attached hydrogens (tertiary/aromatic N) is 2. The van der Waals surface area contributed by atoms with Crippen LogP contribution < -0.4 is 5.73 Å². The topological polar surface area (TPSA) is 54.7 Å². The molecule has 2 N–H and O–H groups in total. The van der Waals surface area contributed by atoms with Gasteiger partial charge in [-0.15, -0.1) is 0 Å². The molecule has 280 valence electrons. The summed E-state index contributed by atoms with van der Waals surface area (Å²) in [5.41, 5.74) is 25.5. The third-order valence-electron chi connectivity index (χ3n) is 11.3. The Hall–Kier alpha value is -6.89. The van der Waals surface area contributed by atoms with E-state index in [0.717, 1.165) is 56.6 Å². The molecule has 1 aromatic heterocycles. The molecule has 0 spiro atoms. The van der Waals surface area contributed by atoms with Crippen LogP contribution in [0.5, 0.6) is 0 Å². The van der Waals surface area contributed by atoms with Crippen molar-refractivity contribution in [1.82, 2.24) is 4.57 Å². The fourth-order valence-electron chi connectivity index (χ4n) is 8.45. The van der Waals surface area contributed by atoms with Crippen LogP contribution in [0.25, 0.3) is 74.9 Å². The molecule has 7 rings (SSSR count). The molecule has 6 aromatic carbocycles. The second kappa shape index (κ2) is 16.5. The zero-order valence-electron chi connectivity index (χ0n) is 33.8. The fourth-order valence-corrected chi connectivity index (χ4v) is 8.45. The van der Waals surface area contributed by atoms with Gasteiger partial charge in [-0.25, -0.2) is 0 Å². The van der Waals surface area contributed by atoms with Gasteiger partial charge >= 0.3 is 0 Å². The van der Waals surface area contributed by atoms with Gasteiger partial charge in [0.2, 0.25) is 0 Å². The highest BCUT2D eigenvalue weighted by molar-refractivity contribution is 6.02. The van der Waals surface area contributed by atoms with Crippen molar-refractivity contribution in [1.29, 1.82) is 5.26 Å². The largest absolute Gasteiger partial charge is 0.398 e. The minimum atomic E-state index is 0.620. The molecule has 0 amide bonds. The first-order valence-electron chi connectivity index (χ1n) is 19.6. The number of allylic oxidation sites excluding steroid dienone is 3. The molecule has 0 atom stereocenters. The quantitative estimate of drug-likeness (QED) is 0.142. The second-order valence-electron chi connectivity index (χ2n) is 14.6. The summed E-state index contributed by atoms with van der Waals surface area (Å²) >= 11 is 0. The number of hydrogen-bond acceptors (Lipinski definition) is 2. The van der Waals surface area contributed by atoms with Gasteiger partial charge in [0.1, 0.15) is 0 Å². The summed E-state index contributed by atoms with van der Waals surface area (Å²) in [6, 6.07) is 36.1. The minimum Gasteiger partial charge on any atom is -0.398 e. The summed E-state index contributed by atoms with van der Waals surface area (Å²) < 4.78 is 2.20. The Bertz CT molecular complexity index is 2850. The monoisotopic (exact) mass is 739 g/mol. The van der Waals surface area contributed by atoms with Gasteiger partial charge in [0.15, 0.2) is 0 Å². The highest BCUT2D eigenvalue weighted by Crippen LogP contribution is 2.41. The van der Waals surface area contributed by atoms with Crippen LogP contribution in [0.4, 0.5) is 5.69 Å². The van der Waals surface area contributed by atoms with E-state index >= 15 is 0 Å². The van der Waals surface area contributed by atoms with Gasteiger partial charge in [-0.2, -0.15) is 5.26 Å². The van der Waals surface area contributed by atoms with Crippen molar-refractivity contribution >= 4 is 63.8 Å². The van der Waals surface area contributed by atoms with Crippen molar-refractivity contribution < 1.29 is 0 Å². The van der Waals surface area contributed by atoms with Crippen LogP contribution in [0.15, 0.2) is 122 Å². The van der Waals surface area contributed by atoms with Crippen molar-refractivity contribution in [3.63, 3.8) is 0 Å². The SMILES string of the molecule is C=Cc1c(/C=C/c2c(C)c(/C=C\C)c(Cc3ccc4ccccc4c3-c3ccc(/C=C\C)c(C)c3N)c(C)c2/C=C\C)c2ccc(C#N)cc2n1-c1ccccc1. The van der Waals surface area contributed by atoms with Crippen LogP contribution in [0, 0.1) is 32.1 Å². The van der Waals surface area contributed by atoms with Crippen molar-refractivity contribution in [2.24, 2.45) is 0 Å². The highest BCUT2D eigenvalue weighted by atomic mass is 15.0. The van der Waals surface area contributed by atoms with E-state index in [9.17, 15) is 5.26 Å². The molecule has 0 fully saturated rings. The molecule has 0 saturated heterocycles. The molecule has 3 heteroatoms. The van der Waals surface area contributed by atoms with Crippen molar-refractivity contribution in [2.45, 2.75) is 48.0 Å². The number of para-hydroxylation sites is 1. The molecule has 0 radical (unpaired) electrons.